The summed E-state index contributed by atoms with van der Waals surface area (Å²) in [5.41, 5.74) is 17.1. The van der Waals surface area contributed by atoms with Gasteiger partial charge >= 0.3 is 0 Å². The lowest BCUT2D eigenvalue weighted by molar-refractivity contribution is -0.313. The number of nitrogens with two attached hydrogens (primary N) is 3. The zero-order valence-electron chi connectivity index (χ0n) is 25.0. The van der Waals surface area contributed by atoms with E-state index in [1.165, 1.54) is 0 Å². The minimum absolute atomic E-state index is 0.0816. The molecule has 1 saturated carbocycles. The van der Waals surface area contributed by atoms with E-state index in [1.54, 1.807) is 13.8 Å². The highest BCUT2D eigenvalue weighted by Gasteiger charge is 2.51. The summed E-state index contributed by atoms with van der Waals surface area (Å²) in [5.74, 6) is -0.694. The monoisotopic (exact) mass is 606 g/mol. The van der Waals surface area contributed by atoms with Gasteiger partial charge in [-0.15, -0.1) is 0 Å². The molecule has 14 atom stereocenters. The van der Waals surface area contributed by atoms with Crippen LogP contribution in [0.3, 0.4) is 0 Å². The maximum Gasteiger partial charge on any atom is 0.184 e. The maximum atomic E-state index is 11.6. The second-order valence-electron chi connectivity index (χ2n) is 12.5. The fraction of sp³-hybridized carbons (Fsp3) is 0.963. The molecule has 0 amide bonds. The molecule has 2 saturated heterocycles. The Morgan fingerprint density at radius 1 is 1.12 bits per heavy atom. The number of hydrogen-bond donors (Lipinski definition) is 11. The molecule has 42 heavy (non-hydrogen) atoms. The Morgan fingerprint density at radius 3 is 2.48 bits per heavy atom. The average Bonchev–Trinajstić information content (AvgIpc) is 2.94. The Hall–Kier alpha value is -1.05. The smallest absolute Gasteiger partial charge is 0.184 e. The van der Waals surface area contributed by atoms with E-state index >= 15 is 0 Å². The Bertz CT molecular complexity index is 844. The first-order valence-electron chi connectivity index (χ1n) is 15.0. The Kier molecular flexibility index (Phi) is 13.3. The van der Waals surface area contributed by atoms with Crippen LogP contribution < -0.4 is 27.8 Å². The first-order chi connectivity index (χ1) is 19.8. The van der Waals surface area contributed by atoms with Crippen LogP contribution in [0, 0.1) is 17.2 Å². The normalized spacial score (nSPS) is 42.6. The van der Waals surface area contributed by atoms with Gasteiger partial charge in [0, 0.05) is 25.1 Å². The number of ether oxygens (including phenoxy) is 4. The molecule has 3 rings (SSSR count). The van der Waals surface area contributed by atoms with Crippen molar-refractivity contribution in [2.45, 2.75) is 119 Å². The van der Waals surface area contributed by atoms with Gasteiger partial charge in [0.05, 0.1) is 30.4 Å². The summed E-state index contributed by atoms with van der Waals surface area (Å²) >= 11 is 0. The van der Waals surface area contributed by atoms with Gasteiger partial charge in [0.25, 0.3) is 0 Å². The first-order valence-corrected chi connectivity index (χ1v) is 15.0. The number of hydrogen-bond acceptors (Lipinski definition) is 14. The van der Waals surface area contributed by atoms with Gasteiger partial charge in [-0.05, 0) is 51.6 Å². The minimum atomic E-state index is -1.36. The van der Waals surface area contributed by atoms with Gasteiger partial charge in [-0.3, -0.25) is 5.41 Å². The lowest BCUT2D eigenvalue weighted by Gasteiger charge is -2.49. The van der Waals surface area contributed by atoms with Crippen molar-refractivity contribution in [2.24, 2.45) is 29.0 Å². The van der Waals surface area contributed by atoms with Gasteiger partial charge in [0.1, 0.15) is 36.4 Å². The summed E-state index contributed by atoms with van der Waals surface area (Å²) in [6.45, 7) is 6.50. The van der Waals surface area contributed by atoms with E-state index in [-0.39, 0.29) is 50.5 Å². The van der Waals surface area contributed by atoms with Gasteiger partial charge in [-0.1, -0.05) is 13.8 Å². The van der Waals surface area contributed by atoms with Crippen LogP contribution in [0.25, 0.3) is 0 Å². The van der Waals surface area contributed by atoms with Crippen LogP contribution in [0.5, 0.6) is 0 Å². The van der Waals surface area contributed by atoms with Crippen LogP contribution in [0.2, 0.25) is 0 Å². The van der Waals surface area contributed by atoms with Gasteiger partial charge in [-0.25, -0.2) is 0 Å². The third-order valence-electron chi connectivity index (χ3n) is 8.70. The Balaban J connectivity index is 1.74. The molecule has 2 heterocycles. The lowest BCUT2D eigenvalue weighted by Crippen LogP contribution is -2.68. The van der Waals surface area contributed by atoms with Gasteiger partial charge in [-0.2, -0.15) is 0 Å². The Labute approximate surface area is 247 Å². The molecule has 15 nitrogen and oxygen atoms in total. The third-order valence-corrected chi connectivity index (χ3v) is 8.70. The number of rotatable bonds is 13. The van der Waals surface area contributed by atoms with Crippen molar-refractivity contribution in [2.75, 3.05) is 32.8 Å². The van der Waals surface area contributed by atoms with Crippen molar-refractivity contribution in [1.82, 2.24) is 10.6 Å². The predicted molar refractivity (Wildman–Crippen MR) is 153 cm³/mol. The van der Waals surface area contributed by atoms with Crippen molar-refractivity contribution in [3.8, 4) is 0 Å². The number of amidine groups is 1. The molecule has 246 valence electrons. The zero-order chi connectivity index (χ0) is 31.2. The maximum absolute atomic E-state index is 11.6. The van der Waals surface area contributed by atoms with Crippen molar-refractivity contribution in [3.63, 3.8) is 0 Å². The number of nitrogens with one attached hydrogen (secondary N) is 3. The standard InChI is InChI=1S/C27H54N6O9/c1-13(11-34)9-32-10-15-4-5-16(29)25(40-15)41-22-17(30)8-18(33-24(31)19(35)6-7-28)23(21(22)37)42-26-20(36)14(2)27(3,38)12-39-26/h13-23,25-26,32,34-38H,4-12,28-30H2,1-3H3,(H2,31,33)/t13?,14-,15+,16?,17+,18-,19?,20?,21?,22?,23?,25-,26-,27?/m1/s1. The molecule has 3 fully saturated rings. The molecule has 14 N–H and O–H groups in total. The molecule has 0 bridgehead atoms. The molecule has 2 aliphatic heterocycles. The molecule has 3 aliphatic rings. The van der Waals surface area contributed by atoms with Gasteiger partial charge in [0.2, 0.25) is 0 Å². The highest BCUT2D eigenvalue weighted by molar-refractivity contribution is 5.83. The van der Waals surface area contributed by atoms with Crippen LogP contribution in [0.15, 0.2) is 0 Å². The topological polar surface area (TPSA) is 264 Å². The predicted octanol–water partition coefficient (Wildman–Crippen LogP) is -3.35. The third kappa shape index (κ3) is 9.00. The first kappa shape index (κ1) is 35.4. The molecule has 0 radical (unpaired) electrons. The summed E-state index contributed by atoms with van der Waals surface area (Å²) in [4.78, 5) is 0. The summed E-state index contributed by atoms with van der Waals surface area (Å²) in [5, 5.41) is 67.0. The zero-order valence-corrected chi connectivity index (χ0v) is 25.0. The van der Waals surface area contributed by atoms with Crippen molar-refractivity contribution in [3.05, 3.63) is 0 Å². The summed E-state index contributed by atoms with van der Waals surface area (Å²) < 4.78 is 24.2. The molecule has 0 aromatic carbocycles. The second kappa shape index (κ2) is 15.8. The van der Waals surface area contributed by atoms with Crippen molar-refractivity contribution >= 4 is 5.84 Å². The van der Waals surface area contributed by atoms with E-state index in [9.17, 15) is 25.5 Å². The summed E-state index contributed by atoms with van der Waals surface area (Å²) in [7, 11) is 0. The largest absolute Gasteiger partial charge is 0.396 e. The highest BCUT2D eigenvalue weighted by Crippen LogP contribution is 2.34. The lowest BCUT2D eigenvalue weighted by atomic mass is 9.82. The Morgan fingerprint density at radius 2 is 1.81 bits per heavy atom. The van der Waals surface area contributed by atoms with Crippen LogP contribution in [0.4, 0.5) is 0 Å². The van der Waals surface area contributed by atoms with Gasteiger partial charge < -0.3 is 72.3 Å². The van der Waals surface area contributed by atoms with E-state index in [0.29, 0.717) is 25.9 Å². The van der Waals surface area contributed by atoms with Crippen LogP contribution >= 0.6 is 0 Å². The summed E-state index contributed by atoms with van der Waals surface area (Å²) in [6.07, 6.45) is -6.35. The molecular formula is C27H54N6O9. The van der Waals surface area contributed by atoms with E-state index in [0.717, 1.165) is 0 Å². The SMILES string of the molecule is CC(CO)CNC[C@@H]1CCC(N)[C@@H](OC2C(O)C(O[C@H]3OCC(C)(O)[C@H](C)C3O)[C@H](NC(=N)C(O)CCN)C[C@@H]2N)O1. The summed E-state index contributed by atoms with van der Waals surface area (Å²) in [6, 6.07) is -1.94. The van der Waals surface area contributed by atoms with Crippen LogP contribution in [-0.2, 0) is 18.9 Å². The van der Waals surface area contributed by atoms with E-state index in [2.05, 4.69) is 10.6 Å². The molecule has 8 unspecified atom stereocenters. The number of aliphatic hydroxyl groups is 5. The highest BCUT2D eigenvalue weighted by atomic mass is 16.7. The van der Waals surface area contributed by atoms with Crippen LogP contribution in [0.1, 0.15) is 46.5 Å². The van der Waals surface area contributed by atoms with Crippen molar-refractivity contribution < 1.29 is 44.5 Å². The second-order valence-corrected chi connectivity index (χ2v) is 12.5. The van der Waals surface area contributed by atoms with E-state index in [1.807, 2.05) is 6.92 Å². The van der Waals surface area contributed by atoms with Gasteiger partial charge in [0.15, 0.2) is 12.6 Å². The molecule has 1 aliphatic carbocycles. The average molecular weight is 607 g/mol. The van der Waals surface area contributed by atoms with Crippen LogP contribution in [-0.4, -0.2) is 137 Å². The molecule has 15 heteroatoms. The quantitative estimate of drug-likeness (QED) is 0.0723. The fourth-order valence-corrected chi connectivity index (χ4v) is 5.56. The fourth-order valence-electron chi connectivity index (χ4n) is 5.56. The minimum Gasteiger partial charge on any atom is -0.396 e. The molecular weight excluding hydrogens is 552 g/mol. The van der Waals surface area contributed by atoms with E-state index < -0.39 is 72.7 Å². The van der Waals surface area contributed by atoms with E-state index in [4.69, 9.17) is 41.6 Å². The molecule has 0 spiro atoms. The number of aliphatic hydroxyl groups excluding tert-OH is 4. The molecule has 0 aromatic rings. The van der Waals surface area contributed by atoms with Crippen molar-refractivity contribution in [1.29, 1.82) is 5.41 Å². The molecule has 0 aromatic heterocycles.